The maximum Gasteiger partial charge on any atom is 0.290 e. The molecule has 3 aromatic rings. The summed E-state index contributed by atoms with van der Waals surface area (Å²) in [6.07, 6.45) is 0.818. The van der Waals surface area contributed by atoms with Crippen LogP contribution < -0.4 is 10.3 Å². The number of nitrogens with one attached hydrogen (secondary N) is 1. The number of benzene rings is 2. The number of carbonyl (C=O) groups is 1. The number of quaternary nitrogens is 1. The smallest absolute Gasteiger partial charge is 0.290 e. The van der Waals surface area contributed by atoms with Gasteiger partial charge in [-0.15, -0.1) is 0 Å². The highest BCUT2D eigenvalue weighted by Crippen LogP contribution is 2.38. The van der Waals surface area contributed by atoms with E-state index in [0.717, 1.165) is 44.8 Å². The van der Waals surface area contributed by atoms with Crippen LogP contribution in [0.2, 0.25) is 10.0 Å². The summed E-state index contributed by atoms with van der Waals surface area (Å²) in [5.41, 5.74) is 1.33. The normalized spacial score (nSPS) is 19.0. The Labute approximate surface area is 195 Å². The van der Waals surface area contributed by atoms with Gasteiger partial charge in [0.2, 0.25) is 5.76 Å². The van der Waals surface area contributed by atoms with E-state index < -0.39 is 6.04 Å². The standard InChI is InChI=1S/C24H22Cl2N2O4/c25-16-4-2-15(3-5-16)21-20-22(29)18-14-17(26)6-7-19(18)32-23(20)24(30)28(21)9-1-8-27-10-12-31-13-11-27/h2-7,14,21H,1,8-13H2/p+1. The van der Waals surface area contributed by atoms with Crippen molar-refractivity contribution >= 4 is 40.1 Å². The molecule has 8 heteroatoms. The van der Waals surface area contributed by atoms with Gasteiger partial charge in [0, 0.05) is 23.0 Å². The van der Waals surface area contributed by atoms with E-state index in [2.05, 4.69) is 0 Å². The number of carbonyl (C=O) groups excluding carboxylic acids is 1. The van der Waals surface area contributed by atoms with Gasteiger partial charge in [-0.2, -0.15) is 0 Å². The Kier molecular flexibility index (Phi) is 5.95. The molecular weight excluding hydrogens is 451 g/mol. The Hall–Kier alpha value is -2.38. The van der Waals surface area contributed by atoms with Gasteiger partial charge in [0.1, 0.15) is 18.7 Å². The highest BCUT2D eigenvalue weighted by atomic mass is 35.5. The molecule has 1 atom stereocenters. The molecular formula is C24H23Cl2N2O4+. The van der Waals surface area contributed by atoms with Crippen molar-refractivity contribution in [1.29, 1.82) is 0 Å². The van der Waals surface area contributed by atoms with Gasteiger partial charge in [0.15, 0.2) is 5.43 Å². The van der Waals surface area contributed by atoms with Crippen molar-refractivity contribution in [2.75, 3.05) is 39.4 Å². The third-order valence-corrected chi connectivity index (χ3v) is 6.73. The van der Waals surface area contributed by atoms with Crippen molar-refractivity contribution < 1.29 is 18.8 Å². The van der Waals surface area contributed by atoms with Crippen LogP contribution in [-0.2, 0) is 4.74 Å². The lowest BCUT2D eigenvalue weighted by molar-refractivity contribution is -0.908. The quantitative estimate of drug-likeness (QED) is 0.618. The first-order valence-electron chi connectivity index (χ1n) is 10.8. The molecule has 0 aliphatic carbocycles. The minimum absolute atomic E-state index is 0.114. The zero-order valence-corrected chi connectivity index (χ0v) is 18.9. The molecule has 1 fully saturated rings. The van der Waals surface area contributed by atoms with E-state index in [1.54, 1.807) is 35.2 Å². The monoisotopic (exact) mass is 473 g/mol. The lowest BCUT2D eigenvalue weighted by atomic mass is 9.98. The molecule has 2 aliphatic rings. The largest absolute Gasteiger partial charge is 0.450 e. The van der Waals surface area contributed by atoms with Gasteiger partial charge in [-0.25, -0.2) is 0 Å². The average molecular weight is 474 g/mol. The van der Waals surface area contributed by atoms with Crippen molar-refractivity contribution in [3.63, 3.8) is 0 Å². The molecule has 3 heterocycles. The Morgan fingerprint density at radius 3 is 2.47 bits per heavy atom. The van der Waals surface area contributed by atoms with Crippen molar-refractivity contribution in [3.8, 4) is 0 Å². The topological polar surface area (TPSA) is 64.2 Å². The molecule has 2 aliphatic heterocycles. The van der Waals surface area contributed by atoms with Crippen molar-refractivity contribution in [2.45, 2.75) is 12.5 Å². The number of hydrogen-bond acceptors (Lipinski definition) is 4. The van der Waals surface area contributed by atoms with Gasteiger partial charge >= 0.3 is 0 Å². The number of fused-ring (bicyclic) bond motifs is 2. The molecule has 0 saturated carbocycles. The second-order valence-corrected chi connectivity index (χ2v) is 9.11. The van der Waals surface area contributed by atoms with Gasteiger partial charge in [0.25, 0.3) is 5.91 Å². The molecule has 0 radical (unpaired) electrons. The predicted octanol–water partition coefficient (Wildman–Crippen LogP) is 2.95. The number of ether oxygens (including phenoxy) is 1. The summed E-state index contributed by atoms with van der Waals surface area (Å²) in [6.45, 7) is 4.95. The van der Waals surface area contributed by atoms with Crippen LogP contribution in [0.15, 0.2) is 51.7 Å². The van der Waals surface area contributed by atoms with Gasteiger partial charge in [-0.3, -0.25) is 9.59 Å². The first kappa shape index (κ1) is 21.5. The number of nitrogens with zero attached hydrogens (tertiary/aromatic N) is 1. The van der Waals surface area contributed by atoms with Crippen molar-refractivity contribution in [2.24, 2.45) is 0 Å². The fraction of sp³-hybridized carbons (Fsp3) is 0.333. The summed E-state index contributed by atoms with van der Waals surface area (Å²) in [5, 5.41) is 1.42. The second kappa shape index (κ2) is 8.87. The minimum atomic E-state index is -0.519. The fourth-order valence-electron chi connectivity index (χ4n) is 4.62. The van der Waals surface area contributed by atoms with E-state index in [1.807, 2.05) is 12.1 Å². The summed E-state index contributed by atoms with van der Waals surface area (Å²) >= 11 is 12.2. The van der Waals surface area contributed by atoms with E-state index in [4.69, 9.17) is 32.4 Å². The fourth-order valence-corrected chi connectivity index (χ4v) is 4.92. The molecule has 166 valence electrons. The Bertz CT molecular complexity index is 1220. The van der Waals surface area contributed by atoms with Crippen LogP contribution in [0.5, 0.6) is 0 Å². The van der Waals surface area contributed by atoms with Crippen LogP contribution in [0.1, 0.15) is 34.1 Å². The van der Waals surface area contributed by atoms with Gasteiger partial charge < -0.3 is 19.0 Å². The van der Waals surface area contributed by atoms with Gasteiger partial charge in [0.05, 0.1) is 36.8 Å². The first-order valence-corrected chi connectivity index (χ1v) is 11.5. The lowest BCUT2D eigenvalue weighted by Crippen LogP contribution is -3.14. The molecule has 5 rings (SSSR count). The molecule has 0 bridgehead atoms. The zero-order chi connectivity index (χ0) is 22.2. The van der Waals surface area contributed by atoms with Crippen molar-refractivity contribution in [1.82, 2.24) is 4.90 Å². The molecule has 0 spiro atoms. The number of hydrogen-bond donors (Lipinski definition) is 1. The number of morpholine rings is 1. The average Bonchev–Trinajstić information content (AvgIpc) is 3.08. The summed E-state index contributed by atoms with van der Waals surface area (Å²) in [6, 6.07) is 11.6. The van der Waals surface area contributed by atoms with E-state index in [-0.39, 0.29) is 17.1 Å². The molecule has 32 heavy (non-hydrogen) atoms. The second-order valence-electron chi connectivity index (χ2n) is 8.23. The zero-order valence-electron chi connectivity index (χ0n) is 17.4. The molecule has 1 aromatic heterocycles. The maximum atomic E-state index is 13.5. The van der Waals surface area contributed by atoms with Crippen LogP contribution in [-0.4, -0.2) is 50.2 Å². The summed E-state index contributed by atoms with van der Waals surface area (Å²) in [5.74, 6) is -0.144. The number of rotatable bonds is 5. The highest BCUT2D eigenvalue weighted by Gasteiger charge is 2.42. The number of amides is 1. The summed E-state index contributed by atoms with van der Waals surface area (Å²) < 4.78 is 11.4. The first-order chi connectivity index (χ1) is 15.5. The Morgan fingerprint density at radius 2 is 1.72 bits per heavy atom. The summed E-state index contributed by atoms with van der Waals surface area (Å²) in [7, 11) is 0. The third kappa shape index (κ3) is 3.92. The van der Waals surface area contributed by atoms with Crippen molar-refractivity contribution in [3.05, 3.63) is 79.6 Å². The van der Waals surface area contributed by atoms with E-state index >= 15 is 0 Å². The maximum absolute atomic E-state index is 13.5. The molecule has 1 unspecified atom stereocenters. The van der Waals surface area contributed by atoms with Crippen LogP contribution in [0.3, 0.4) is 0 Å². The van der Waals surface area contributed by atoms with Gasteiger partial charge in [-0.1, -0.05) is 35.3 Å². The Balaban J connectivity index is 1.53. The summed E-state index contributed by atoms with van der Waals surface area (Å²) in [4.78, 5) is 30.1. The van der Waals surface area contributed by atoms with E-state index in [9.17, 15) is 9.59 Å². The van der Waals surface area contributed by atoms with E-state index in [1.165, 1.54) is 4.90 Å². The third-order valence-electron chi connectivity index (χ3n) is 6.24. The number of halogens is 2. The van der Waals surface area contributed by atoms with E-state index in [0.29, 0.717) is 33.1 Å². The Morgan fingerprint density at radius 1 is 1.00 bits per heavy atom. The highest BCUT2D eigenvalue weighted by molar-refractivity contribution is 6.31. The molecule has 2 aromatic carbocycles. The SMILES string of the molecule is O=C1c2oc3ccc(Cl)cc3c(=O)c2C(c2ccc(Cl)cc2)N1CCC[NH+]1CCOCC1. The molecule has 6 nitrogen and oxygen atoms in total. The van der Waals surface area contributed by atoms with Gasteiger partial charge in [-0.05, 0) is 35.9 Å². The lowest BCUT2D eigenvalue weighted by Gasteiger charge is -2.27. The van der Waals surface area contributed by atoms with Crippen LogP contribution >= 0.6 is 23.2 Å². The van der Waals surface area contributed by atoms with Crippen LogP contribution in [0.25, 0.3) is 11.0 Å². The van der Waals surface area contributed by atoms with Crippen LogP contribution in [0, 0.1) is 0 Å². The molecule has 1 saturated heterocycles. The molecule has 1 amide bonds. The predicted molar refractivity (Wildman–Crippen MR) is 123 cm³/mol. The minimum Gasteiger partial charge on any atom is -0.450 e. The molecule has 1 N–H and O–H groups in total. The van der Waals surface area contributed by atoms with Crippen LogP contribution in [0.4, 0.5) is 0 Å².